The summed E-state index contributed by atoms with van der Waals surface area (Å²) < 4.78 is 10.8. The van der Waals surface area contributed by atoms with Crippen LogP contribution < -0.4 is 4.74 Å². The van der Waals surface area contributed by atoms with E-state index in [1.54, 1.807) is 0 Å². The Morgan fingerprint density at radius 2 is 1.94 bits per heavy atom. The first-order valence-corrected chi connectivity index (χ1v) is 6.00. The second-order valence-corrected chi connectivity index (χ2v) is 4.19. The van der Waals surface area contributed by atoms with E-state index in [1.165, 1.54) is 0 Å². The fourth-order valence-electron chi connectivity index (χ4n) is 1.84. The highest BCUT2D eigenvalue weighted by atomic mass is 16.5. The lowest BCUT2D eigenvalue weighted by molar-refractivity contribution is 0.00465. The standard InChI is InChI=1S/C13H19NO3/c15-12(10-14-6-8-16-9-7-14)11-17-13-4-2-1-3-5-13/h1-5,12,15H,6-11H2/t12-/m1/s1. The third kappa shape index (κ3) is 4.34. The Morgan fingerprint density at radius 3 is 2.65 bits per heavy atom. The first kappa shape index (κ1) is 12.4. The van der Waals surface area contributed by atoms with Crippen LogP contribution in [0.1, 0.15) is 0 Å². The van der Waals surface area contributed by atoms with Crippen molar-refractivity contribution >= 4 is 0 Å². The number of rotatable bonds is 5. The molecule has 1 N–H and O–H groups in total. The summed E-state index contributed by atoms with van der Waals surface area (Å²) in [5.41, 5.74) is 0. The van der Waals surface area contributed by atoms with Gasteiger partial charge in [0.05, 0.1) is 13.2 Å². The molecule has 0 spiro atoms. The normalized spacial score (nSPS) is 18.9. The first-order valence-electron chi connectivity index (χ1n) is 6.00. The summed E-state index contributed by atoms with van der Waals surface area (Å²) >= 11 is 0. The molecule has 1 aliphatic rings. The zero-order valence-electron chi connectivity index (χ0n) is 9.92. The van der Waals surface area contributed by atoms with E-state index in [2.05, 4.69) is 4.90 Å². The van der Waals surface area contributed by atoms with Crippen LogP contribution in [0.4, 0.5) is 0 Å². The van der Waals surface area contributed by atoms with Gasteiger partial charge in [0.2, 0.25) is 0 Å². The maximum Gasteiger partial charge on any atom is 0.119 e. The molecule has 0 aromatic heterocycles. The van der Waals surface area contributed by atoms with E-state index in [4.69, 9.17) is 9.47 Å². The molecule has 1 saturated heterocycles. The van der Waals surface area contributed by atoms with Gasteiger partial charge < -0.3 is 14.6 Å². The molecule has 0 bridgehead atoms. The fraction of sp³-hybridized carbons (Fsp3) is 0.538. The molecule has 94 valence electrons. The Balaban J connectivity index is 1.68. The van der Waals surface area contributed by atoms with E-state index < -0.39 is 6.10 Å². The summed E-state index contributed by atoms with van der Waals surface area (Å²) in [5.74, 6) is 0.800. The molecule has 1 aliphatic heterocycles. The minimum Gasteiger partial charge on any atom is -0.491 e. The van der Waals surface area contributed by atoms with Gasteiger partial charge in [0.1, 0.15) is 18.5 Å². The van der Waals surface area contributed by atoms with Gasteiger partial charge in [-0.25, -0.2) is 0 Å². The van der Waals surface area contributed by atoms with Gasteiger partial charge in [-0.05, 0) is 12.1 Å². The quantitative estimate of drug-likeness (QED) is 0.821. The van der Waals surface area contributed by atoms with Crippen LogP contribution in [0, 0.1) is 0 Å². The van der Waals surface area contributed by atoms with Crippen molar-refractivity contribution in [3.63, 3.8) is 0 Å². The van der Waals surface area contributed by atoms with E-state index in [-0.39, 0.29) is 0 Å². The molecule has 17 heavy (non-hydrogen) atoms. The summed E-state index contributed by atoms with van der Waals surface area (Å²) in [6.45, 7) is 4.28. The van der Waals surface area contributed by atoms with Crippen LogP contribution in [0.25, 0.3) is 0 Å². The van der Waals surface area contributed by atoms with Crippen LogP contribution in [0.2, 0.25) is 0 Å². The smallest absolute Gasteiger partial charge is 0.119 e. The van der Waals surface area contributed by atoms with Crippen molar-refractivity contribution in [3.05, 3.63) is 30.3 Å². The van der Waals surface area contributed by atoms with E-state index in [9.17, 15) is 5.11 Å². The van der Waals surface area contributed by atoms with E-state index in [1.807, 2.05) is 30.3 Å². The summed E-state index contributed by atoms with van der Waals surface area (Å²) in [5, 5.41) is 9.86. The van der Waals surface area contributed by atoms with Crippen molar-refractivity contribution < 1.29 is 14.6 Å². The van der Waals surface area contributed by atoms with Crippen molar-refractivity contribution in [2.24, 2.45) is 0 Å². The first-order chi connectivity index (χ1) is 8.34. The number of hydrogen-bond acceptors (Lipinski definition) is 4. The molecular formula is C13H19NO3. The SMILES string of the molecule is O[C@@H](COc1ccccc1)CN1CCOCC1. The second-order valence-electron chi connectivity index (χ2n) is 4.19. The van der Waals surface area contributed by atoms with Gasteiger partial charge in [-0.2, -0.15) is 0 Å². The van der Waals surface area contributed by atoms with Crippen LogP contribution in [-0.2, 0) is 4.74 Å². The molecule has 0 amide bonds. The van der Waals surface area contributed by atoms with Crippen LogP contribution in [0.5, 0.6) is 5.75 Å². The highest BCUT2D eigenvalue weighted by molar-refractivity contribution is 5.20. The third-order valence-corrected chi connectivity index (χ3v) is 2.76. The molecule has 1 aromatic rings. The van der Waals surface area contributed by atoms with Crippen LogP contribution in [0.15, 0.2) is 30.3 Å². The molecule has 1 heterocycles. The van der Waals surface area contributed by atoms with Gasteiger partial charge in [0.15, 0.2) is 0 Å². The summed E-state index contributed by atoms with van der Waals surface area (Å²) in [6.07, 6.45) is -0.451. The number of ether oxygens (including phenoxy) is 2. The van der Waals surface area contributed by atoms with Gasteiger partial charge in [-0.15, -0.1) is 0 Å². The number of aliphatic hydroxyl groups is 1. The van der Waals surface area contributed by atoms with Crippen LogP contribution in [-0.4, -0.2) is 55.6 Å². The van der Waals surface area contributed by atoms with Gasteiger partial charge >= 0.3 is 0 Å². The van der Waals surface area contributed by atoms with Crippen molar-refractivity contribution in [1.82, 2.24) is 4.90 Å². The van der Waals surface area contributed by atoms with Gasteiger partial charge in [-0.3, -0.25) is 4.90 Å². The Kier molecular flexibility index (Phi) is 4.79. The maximum absolute atomic E-state index is 9.86. The molecule has 4 heteroatoms. The number of benzene rings is 1. The molecule has 1 aromatic carbocycles. The van der Waals surface area contributed by atoms with E-state index >= 15 is 0 Å². The molecule has 0 unspecified atom stereocenters. The number of hydrogen-bond donors (Lipinski definition) is 1. The molecular weight excluding hydrogens is 218 g/mol. The number of β-amino-alcohol motifs (C(OH)–C–C–N with tert-alkyl or cyclic N) is 1. The monoisotopic (exact) mass is 237 g/mol. The second kappa shape index (κ2) is 6.59. The Morgan fingerprint density at radius 1 is 1.24 bits per heavy atom. The highest BCUT2D eigenvalue weighted by Crippen LogP contribution is 2.09. The summed E-state index contributed by atoms with van der Waals surface area (Å²) in [7, 11) is 0. The topological polar surface area (TPSA) is 41.9 Å². The average molecular weight is 237 g/mol. The third-order valence-electron chi connectivity index (χ3n) is 2.76. The number of para-hydroxylation sites is 1. The Bertz CT molecular complexity index is 312. The summed E-state index contributed by atoms with van der Waals surface area (Å²) in [4.78, 5) is 2.20. The number of morpholine rings is 1. The van der Waals surface area contributed by atoms with Crippen molar-refractivity contribution in [2.75, 3.05) is 39.5 Å². The zero-order chi connectivity index (χ0) is 11.9. The highest BCUT2D eigenvalue weighted by Gasteiger charge is 2.15. The lowest BCUT2D eigenvalue weighted by Gasteiger charge is -2.28. The predicted molar refractivity (Wildman–Crippen MR) is 65.2 cm³/mol. The van der Waals surface area contributed by atoms with Crippen LogP contribution in [0.3, 0.4) is 0 Å². The molecule has 4 nitrogen and oxygen atoms in total. The Labute approximate surface area is 102 Å². The molecule has 0 aliphatic carbocycles. The zero-order valence-corrected chi connectivity index (χ0v) is 9.92. The van der Waals surface area contributed by atoms with Crippen LogP contribution >= 0.6 is 0 Å². The lowest BCUT2D eigenvalue weighted by atomic mass is 10.3. The van der Waals surface area contributed by atoms with Crippen molar-refractivity contribution in [2.45, 2.75) is 6.10 Å². The summed E-state index contributed by atoms with van der Waals surface area (Å²) in [6, 6.07) is 9.56. The molecule has 1 fully saturated rings. The minimum absolute atomic E-state index is 0.335. The lowest BCUT2D eigenvalue weighted by Crippen LogP contribution is -2.42. The largest absolute Gasteiger partial charge is 0.491 e. The Hall–Kier alpha value is -1.10. The van der Waals surface area contributed by atoms with Crippen molar-refractivity contribution in [1.29, 1.82) is 0 Å². The van der Waals surface area contributed by atoms with Gasteiger partial charge in [0, 0.05) is 19.6 Å². The van der Waals surface area contributed by atoms with Crippen molar-refractivity contribution in [3.8, 4) is 5.75 Å². The fourth-order valence-corrected chi connectivity index (χ4v) is 1.84. The number of nitrogens with zero attached hydrogens (tertiary/aromatic N) is 1. The molecule has 2 rings (SSSR count). The average Bonchev–Trinajstić information content (AvgIpc) is 2.39. The molecule has 1 atom stereocenters. The predicted octanol–water partition coefficient (Wildman–Crippen LogP) is 0.758. The maximum atomic E-state index is 9.86. The van der Waals surface area contributed by atoms with E-state index in [0.717, 1.165) is 32.1 Å². The molecule has 0 radical (unpaired) electrons. The minimum atomic E-state index is -0.451. The molecule has 0 saturated carbocycles. The van der Waals surface area contributed by atoms with Gasteiger partial charge in [0.25, 0.3) is 0 Å². The number of aliphatic hydroxyl groups excluding tert-OH is 1. The van der Waals surface area contributed by atoms with Gasteiger partial charge in [-0.1, -0.05) is 18.2 Å². The van der Waals surface area contributed by atoms with E-state index in [0.29, 0.717) is 13.2 Å².